The van der Waals surface area contributed by atoms with Crippen molar-refractivity contribution < 1.29 is 28.4 Å². The third kappa shape index (κ3) is 10.3. The number of nitrogens with zero attached hydrogens (tertiary/aromatic N) is 5. The second-order valence-corrected chi connectivity index (χ2v) is 20.9. The topological polar surface area (TPSA) is 202 Å². The van der Waals surface area contributed by atoms with E-state index in [1.54, 1.807) is 39.0 Å². The van der Waals surface area contributed by atoms with Crippen molar-refractivity contribution in [1.29, 1.82) is 0 Å². The molecule has 336 valence electrons. The van der Waals surface area contributed by atoms with Crippen LogP contribution in [0.4, 0.5) is 28.8 Å². The van der Waals surface area contributed by atoms with E-state index in [2.05, 4.69) is 81.4 Å². The third-order valence-electron chi connectivity index (χ3n) is 12.1. The van der Waals surface area contributed by atoms with Gasteiger partial charge in [-0.2, -0.15) is 4.98 Å². The van der Waals surface area contributed by atoms with E-state index in [9.17, 15) is 18.9 Å². The number of hydrogen-bond donors (Lipinski definition) is 5. The Hall–Kier alpha value is -5.64. The van der Waals surface area contributed by atoms with E-state index >= 15 is 0 Å². The van der Waals surface area contributed by atoms with E-state index in [1.807, 2.05) is 36.4 Å². The molecule has 5 N–H and O–H groups in total. The van der Waals surface area contributed by atoms with Crippen LogP contribution in [0.15, 0.2) is 71.6 Å². The van der Waals surface area contributed by atoms with Gasteiger partial charge < -0.3 is 40.2 Å². The van der Waals surface area contributed by atoms with Crippen LogP contribution in [0.2, 0.25) is 0 Å². The molecule has 3 aliphatic rings. The Morgan fingerprint density at radius 2 is 1.77 bits per heavy atom. The summed E-state index contributed by atoms with van der Waals surface area (Å²) in [6.07, 6.45) is 9.68. The van der Waals surface area contributed by atoms with Gasteiger partial charge in [0.25, 0.3) is 0 Å². The van der Waals surface area contributed by atoms with Crippen molar-refractivity contribution in [3.05, 3.63) is 82.7 Å². The summed E-state index contributed by atoms with van der Waals surface area (Å²) >= 11 is 3.58. The van der Waals surface area contributed by atoms with Crippen LogP contribution in [0.3, 0.4) is 0 Å². The zero-order chi connectivity index (χ0) is 45.0. The number of carbonyl (C=O) groups excluding carboxylic acids is 3. The van der Waals surface area contributed by atoms with E-state index in [-0.39, 0.29) is 35.7 Å². The van der Waals surface area contributed by atoms with Crippen molar-refractivity contribution in [3.63, 3.8) is 0 Å². The van der Waals surface area contributed by atoms with Gasteiger partial charge in [-0.05, 0) is 109 Å². The highest BCUT2D eigenvalue weighted by Crippen LogP contribution is 2.42. The Morgan fingerprint density at radius 3 is 2.52 bits per heavy atom. The summed E-state index contributed by atoms with van der Waals surface area (Å²) in [5, 5.41) is 16.5. The van der Waals surface area contributed by atoms with E-state index in [4.69, 9.17) is 14.5 Å². The van der Waals surface area contributed by atoms with E-state index < -0.39 is 7.14 Å². The van der Waals surface area contributed by atoms with Gasteiger partial charge in [-0.3, -0.25) is 29.7 Å². The van der Waals surface area contributed by atoms with Crippen molar-refractivity contribution in [2.75, 3.05) is 62.2 Å². The van der Waals surface area contributed by atoms with Gasteiger partial charge in [-0.1, -0.05) is 19.1 Å². The molecule has 3 fully saturated rings. The molecule has 18 heteroatoms. The number of imide groups is 1. The summed E-state index contributed by atoms with van der Waals surface area (Å²) in [5.41, 5.74) is 5.76. The Balaban J connectivity index is 0.805. The number of anilines is 5. The minimum absolute atomic E-state index is 0.0490. The van der Waals surface area contributed by atoms with Gasteiger partial charge in [-0.25, -0.2) is 4.98 Å². The highest BCUT2D eigenvalue weighted by molar-refractivity contribution is 9.10. The minimum atomic E-state index is -2.78. The van der Waals surface area contributed by atoms with Crippen LogP contribution >= 0.6 is 23.1 Å². The largest absolute Gasteiger partial charge is 0.494 e. The van der Waals surface area contributed by atoms with Crippen LogP contribution in [-0.4, -0.2) is 96.4 Å². The molecule has 1 atom stereocenters. The molecule has 0 bridgehead atoms. The Kier molecular flexibility index (Phi) is 13.8. The fourth-order valence-corrected chi connectivity index (χ4v) is 10.4. The molecule has 2 aliphatic heterocycles. The molecule has 8 rings (SSSR count). The number of methoxy groups -OCH3 is 1. The fraction of sp³-hybridized carbons (Fsp3) is 0.413. The first kappa shape index (κ1) is 44.9. The second kappa shape index (κ2) is 19.6. The maximum absolute atomic E-state index is 13.5. The number of aromatic nitrogens is 4. The lowest BCUT2D eigenvalue weighted by atomic mass is 9.81. The first-order valence-corrected chi connectivity index (χ1v) is 25.2. The van der Waals surface area contributed by atoms with Crippen LogP contribution in [0.1, 0.15) is 62.5 Å². The molecule has 1 saturated carbocycles. The summed E-state index contributed by atoms with van der Waals surface area (Å²) in [7, 11) is -1.13. The van der Waals surface area contributed by atoms with E-state index in [0.717, 1.165) is 49.3 Å². The molecular formula is C46H54BrN10O6P. The fourth-order valence-electron chi connectivity index (χ4n) is 8.70. The number of hydrogen-bond acceptors (Lipinski definition) is 14. The number of piperidine rings is 2. The SMILES string of the molecule is CCc1cc(Nc2ncc(Br)c(Nc3ccc4nccnc4c3P(C)(C)=O)n2)c(OC)cc1N1CCC(NCCNC(=O)[C@H]2C[C@H](Oc3cccc(C4CCC(=O)NC4=O)c3)C2)CC1. The lowest BCUT2D eigenvalue weighted by Gasteiger charge is -2.36. The van der Waals surface area contributed by atoms with Gasteiger partial charge in [-0.15, -0.1) is 0 Å². The molecule has 4 heterocycles. The predicted octanol–water partition coefficient (Wildman–Crippen LogP) is 6.54. The Morgan fingerprint density at radius 1 is 0.969 bits per heavy atom. The molecular weight excluding hydrogens is 899 g/mol. The number of benzene rings is 3. The highest BCUT2D eigenvalue weighted by atomic mass is 79.9. The molecule has 5 aromatic rings. The van der Waals surface area contributed by atoms with Crippen molar-refractivity contribution in [2.45, 2.75) is 69.9 Å². The molecule has 1 aliphatic carbocycles. The molecule has 1 unspecified atom stereocenters. The molecule has 0 spiro atoms. The third-order valence-corrected chi connectivity index (χ3v) is 14.2. The number of ether oxygens (including phenoxy) is 2. The average molecular weight is 954 g/mol. The zero-order valence-corrected chi connectivity index (χ0v) is 38.9. The van der Waals surface area contributed by atoms with Gasteiger partial charge in [0, 0.05) is 74.9 Å². The molecule has 3 amide bonds. The van der Waals surface area contributed by atoms with Gasteiger partial charge in [0.15, 0.2) is 0 Å². The van der Waals surface area contributed by atoms with E-state index in [0.29, 0.717) is 94.6 Å². The normalized spacial score (nSPS) is 19.1. The minimum Gasteiger partial charge on any atom is -0.494 e. The van der Waals surface area contributed by atoms with Crippen LogP contribution < -0.4 is 46.3 Å². The number of nitrogens with one attached hydrogen (secondary N) is 5. The molecule has 16 nitrogen and oxygen atoms in total. The average Bonchev–Trinajstić information content (AvgIpc) is 3.27. The first-order chi connectivity index (χ1) is 30.9. The van der Waals surface area contributed by atoms with Gasteiger partial charge in [0.2, 0.25) is 23.7 Å². The van der Waals surface area contributed by atoms with Gasteiger partial charge >= 0.3 is 0 Å². The van der Waals surface area contributed by atoms with Crippen LogP contribution in [0.5, 0.6) is 11.5 Å². The maximum atomic E-state index is 13.5. The quantitative estimate of drug-likeness (QED) is 0.0406. The monoisotopic (exact) mass is 952 g/mol. The second-order valence-electron chi connectivity index (χ2n) is 16.9. The molecule has 2 saturated heterocycles. The Labute approximate surface area is 381 Å². The van der Waals surface area contributed by atoms with Crippen molar-refractivity contribution in [2.24, 2.45) is 5.92 Å². The molecule has 64 heavy (non-hydrogen) atoms. The Bertz CT molecular complexity index is 2600. The number of carbonyl (C=O) groups is 3. The maximum Gasteiger partial charge on any atom is 0.234 e. The summed E-state index contributed by atoms with van der Waals surface area (Å²) < 4.78 is 26.2. The highest BCUT2D eigenvalue weighted by Gasteiger charge is 2.36. The number of fused-ring (bicyclic) bond motifs is 1. The van der Waals surface area contributed by atoms with Gasteiger partial charge in [0.1, 0.15) is 36.1 Å². The summed E-state index contributed by atoms with van der Waals surface area (Å²) in [5.74, 6) is 1.29. The number of aryl methyl sites for hydroxylation is 1. The molecule has 0 radical (unpaired) electrons. The first-order valence-electron chi connectivity index (χ1n) is 21.8. The number of halogens is 1. The van der Waals surface area contributed by atoms with Crippen LogP contribution in [-0.2, 0) is 25.4 Å². The van der Waals surface area contributed by atoms with Crippen molar-refractivity contribution in [1.82, 2.24) is 35.9 Å². The van der Waals surface area contributed by atoms with Crippen LogP contribution in [0, 0.1) is 5.92 Å². The summed E-state index contributed by atoms with van der Waals surface area (Å²) in [6, 6.07) is 15.7. The lowest BCUT2D eigenvalue weighted by molar-refractivity contribution is -0.134. The van der Waals surface area contributed by atoms with Crippen molar-refractivity contribution in [3.8, 4) is 11.5 Å². The summed E-state index contributed by atoms with van der Waals surface area (Å²) in [4.78, 5) is 57.4. The number of amides is 3. The predicted molar refractivity (Wildman–Crippen MR) is 252 cm³/mol. The smallest absolute Gasteiger partial charge is 0.234 e. The molecule has 3 aromatic carbocycles. The number of rotatable bonds is 16. The molecule has 2 aromatic heterocycles. The van der Waals surface area contributed by atoms with Crippen molar-refractivity contribution >= 4 is 86.0 Å². The summed E-state index contributed by atoms with van der Waals surface area (Å²) in [6.45, 7) is 8.58. The lowest BCUT2D eigenvalue weighted by Crippen LogP contribution is -2.47. The van der Waals surface area contributed by atoms with Gasteiger partial charge in [0.05, 0.1) is 39.7 Å². The standard InChI is InChI=1S/C46H54BrN10O6P/c1-5-27-24-37(54-46-52-26-34(47)43(56-46)53-36-11-10-35-41(50-17-16-49-35)42(36)64(3,4)61)39(62-2)25-38(27)57-19-13-30(14-20-57)48-15-18-51-44(59)29-22-32(23-29)63-31-8-6-7-28(21-31)33-9-12-40(58)55-45(33)60/h6-8,10-11,16-17,21,24-26,29-30,32-33,48H,5,9,12-15,18-20,22-23H2,1-4H3,(H,51,59)(H,55,58,60)(H2,52,53,54,56)/t29-,32-,33?. The van der Waals surface area contributed by atoms with E-state index in [1.165, 1.54) is 5.56 Å². The van der Waals surface area contributed by atoms with Crippen LogP contribution in [0.25, 0.3) is 11.0 Å². The zero-order valence-electron chi connectivity index (χ0n) is 36.4.